The molecule has 0 spiro atoms. The number of benzene rings is 1. The third kappa shape index (κ3) is 3.36. The average molecular weight is 291 g/mol. The van der Waals surface area contributed by atoms with E-state index in [0.717, 1.165) is 22.9 Å². The fraction of sp³-hybridized carbons (Fsp3) is 0.333. The summed E-state index contributed by atoms with van der Waals surface area (Å²) in [5, 5.41) is 12.7. The Morgan fingerprint density at radius 3 is 2.75 bits per heavy atom. The molecule has 2 aromatic rings. The molecule has 1 unspecified atom stereocenters. The van der Waals surface area contributed by atoms with Gasteiger partial charge in [0, 0.05) is 4.70 Å². The van der Waals surface area contributed by atoms with E-state index in [0.29, 0.717) is 11.3 Å². The van der Waals surface area contributed by atoms with Crippen molar-refractivity contribution in [3.8, 4) is 0 Å². The number of fused-ring (bicyclic) bond motifs is 1. The number of nitrogens with one attached hydrogen (secondary N) is 1. The number of hydrogen-bond acceptors (Lipinski definition) is 3. The zero-order valence-corrected chi connectivity index (χ0v) is 12.1. The molecule has 0 radical (unpaired) electrons. The van der Waals surface area contributed by atoms with E-state index in [-0.39, 0.29) is 5.91 Å². The van der Waals surface area contributed by atoms with Gasteiger partial charge < -0.3 is 10.4 Å². The third-order valence-electron chi connectivity index (χ3n) is 3.10. The second-order valence-corrected chi connectivity index (χ2v) is 5.74. The molecular weight excluding hydrogens is 274 g/mol. The fourth-order valence-electron chi connectivity index (χ4n) is 1.99. The standard InChI is InChI=1S/C15H17NO3S/c1-2-3-7-11(15(18)19)16-14(17)13-9-10-6-4-5-8-12(10)20-13/h4-6,8-9,11H,2-3,7H2,1H3,(H,16,17)(H,18,19). The maximum atomic E-state index is 12.1. The molecule has 0 saturated heterocycles. The third-order valence-corrected chi connectivity index (χ3v) is 4.21. The first-order valence-corrected chi connectivity index (χ1v) is 7.45. The number of hydrogen-bond donors (Lipinski definition) is 2. The number of rotatable bonds is 6. The first-order valence-electron chi connectivity index (χ1n) is 6.64. The molecule has 0 aliphatic carbocycles. The van der Waals surface area contributed by atoms with E-state index in [1.54, 1.807) is 6.07 Å². The van der Waals surface area contributed by atoms with E-state index < -0.39 is 12.0 Å². The number of aliphatic carboxylic acids is 1. The van der Waals surface area contributed by atoms with Gasteiger partial charge in [-0.2, -0.15) is 0 Å². The normalized spacial score (nSPS) is 12.2. The number of carbonyl (C=O) groups excluding carboxylic acids is 1. The van der Waals surface area contributed by atoms with Crippen molar-refractivity contribution < 1.29 is 14.7 Å². The van der Waals surface area contributed by atoms with Crippen LogP contribution in [0, 0.1) is 0 Å². The lowest BCUT2D eigenvalue weighted by Crippen LogP contribution is -2.40. The minimum atomic E-state index is -0.979. The number of amides is 1. The number of unbranched alkanes of at least 4 members (excludes halogenated alkanes) is 1. The molecule has 1 aromatic heterocycles. The van der Waals surface area contributed by atoms with Crippen LogP contribution in [-0.4, -0.2) is 23.0 Å². The van der Waals surface area contributed by atoms with E-state index >= 15 is 0 Å². The van der Waals surface area contributed by atoms with Crippen molar-refractivity contribution in [2.45, 2.75) is 32.2 Å². The predicted molar refractivity (Wildman–Crippen MR) is 80.2 cm³/mol. The van der Waals surface area contributed by atoms with E-state index in [1.165, 1.54) is 11.3 Å². The highest BCUT2D eigenvalue weighted by Gasteiger charge is 2.20. The van der Waals surface area contributed by atoms with Crippen LogP contribution in [-0.2, 0) is 4.79 Å². The van der Waals surface area contributed by atoms with Crippen LogP contribution in [0.1, 0.15) is 35.9 Å². The molecule has 0 aliphatic rings. The Hall–Kier alpha value is -1.88. The van der Waals surface area contributed by atoms with Gasteiger partial charge in [0.05, 0.1) is 4.88 Å². The molecule has 20 heavy (non-hydrogen) atoms. The number of carbonyl (C=O) groups is 2. The molecule has 1 amide bonds. The van der Waals surface area contributed by atoms with Crippen LogP contribution in [0.3, 0.4) is 0 Å². The molecule has 0 fully saturated rings. The summed E-state index contributed by atoms with van der Waals surface area (Å²) >= 11 is 1.38. The van der Waals surface area contributed by atoms with Gasteiger partial charge in [0.1, 0.15) is 6.04 Å². The molecule has 0 aliphatic heterocycles. The highest BCUT2D eigenvalue weighted by Crippen LogP contribution is 2.25. The van der Waals surface area contributed by atoms with Crippen LogP contribution in [0.25, 0.3) is 10.1 Å². The Balaban J connectivity index is 2.11. The predicted octanol–water partition coefficient (Wildman–Crippen LogP) is 3.27. The van der Waals surface area contributed by atoms with Gasteiger partial charge in [-0.1, -0.05) is 38.0 Å². The van der Waals surface area contributed by atoms with Gasteiger partial charge in [-0.15, -0.1) is 11.3 Å². The van der Waals surface area contributed by atoms with Crippen molar-refractivity contribution in [1.82, 2.24) is 5.32 Å². The first-order chi connectivity index (χ1) is 9.61. The highest BCUT2D eigenvalue weighted by molar-refractivity contribution is 7.20. The van der Waals surface area contributed by atoms with Gasteiger partial charge in [-0.3, -0.25) is 4.79 Å². The fourth-order valence-corrected chi connectivity index (χ4v) is 2.95. The molecule has 1 atom stereocenters. The average Bonchev–Trinajstić information content (AvgIpc) is 2.86. The van der Waals surface area contributed by atoms with Crippen molar-refractivity contribution in [1.29, 1.82) is 0 Å². The lowest BCUT2D eigenvalue weighted by atomic mass is 10.1. The highest BCUT2D eigenvalue weighted by atomic mass is 32.1. The lowest BCUT2D eigenvalue weighted by Gasteiger charge is -2.13. The zero-order chi connectivity index (χ0) is 14.5. The molecule has 1 aromatic carbocycles. The molecule has 2 rings (SSSR count). The summed E-state index contributed by atoms with van der Waals surface area (Å²) in [4.78, 5) is 23.8. The Morgan fingerprint density at radius 2 is 2.10 bits per heavy atom. The molecule has 0 saturated carbocycles. The van der Waals surface area contributed by atoms with Crippen molar-refractivity contribution in [2.24, 2.45) is 0 Å². The van der Waals surface area contributed by atoms with Crippen LogP contribution in [0.5, 0.6) is 0 Å². The van der Waals surface area contributed by atoms with Crippen molar-refractivity contribution in [2.75, 3.05) is 0 Å². The molecular formula is C15H17NO3S. The van der Waals surface area contributed by atoms with Crippen LogP contribution in [0.15, 0.2) is 30.3 Å². The zero-order valence-electron chi connectivity index (χ0n) is 11.3. The molecule has 0 bridgehead atoms. The SMILES string of the molecule is CCCCC(NC(=O)c1cc2ccccc2s1)C(=O)O. The van der Waals surface area contributed by atoms with E-state index in [9.17, 15) is 9.59 Å². The summed E-state index contributed by atoms with van der Waals surface area (Å²) in [6.45, 7) is 1.99. The molecule has 2 N–H and O–H groups in total. The summed E-state index contributed by atoms with van der Waals surface area (Å²) in [5.74, 6) is -1.29. The van der Waals surface area contributed by atoms with Crippen molar-refractivity contribution in [3.05, 3.63) is 35.2 Å². The van der Waals surface area contributed by atoms with Gasteiger partial charge in [0.2, 0.25) is 0 Å². The van der Waals surface area contributed by atoms with Crippen molar-refractivity contribution >= 4 is 33.3 Å². The Bertz CT molecular complexity index is 587. The minimum Gasteiger partial charge on any atom is -0.480 e. The second-order valence-electron chi connectivity index (χ2n) is 4.65. The monoisotopic (exact) mass is 291 g/mol. The minimum absolute atomic E-state index is 0.310. The van der Waals surface area contributed by atoms with Gasteiger partial charge in [0.15, 0.2) is 0 Å². The maximum absolute atomic E-state index is 12.1. The van der Waals surface area contributed by atoms with Gasteiger partial charge in [0.25, 0.3) is 5.91 Å². The van der Waals surface area contributed by atoms with Gasteiger partial charge in [-0.05, 0) is 23.9 Å². The Kier molecular flexibility index (Phi) is 4.74. The molecule has 106 valence electrons. The van der Waals surface area contributed by atoms with E-state index in [1.807, 2.05) is 31.2 Å². The van der Waals surface area contributed by atoms with Gasteiger partial charge in [-0.25, -0.2) is 4.79 Å². The number of carboxylic acid groups (broad SMARTS) is 1. The van der Waals surface area contributed by atoms with E-state index in [4.69, 9.17) is 5.11 Å². The van der Waals surface area contributed by atoms with Crippen LogP contribution in [0.4, 0.5) is 0 Å². The largest absolute Gasteiger partial charge is 0.480 e. The number of carboxylic acids is 1. The second kappa shape index (κ2) is 6.52. The van der Waals surface area contributed by atoms with E-state index in [2.05, 4.69) is 5.32 Å². The van der Waals surface area contributed by atoms with Crippen LogP contribution < -0.4 is 5.32 Å². The lowest BCUT2D eigenvalue weighted by molar-refractivity contribution is -0.139. The molecule has 1 heterocycles. The molecule has 4 nitrogen and oxygen atoms in total. The Labute approximate surface area is 121 Å². The summed E-state index contributed by atoms with van der Waals surface area (Å²) in [6, 6.07) is 8.71. The number of thiophene rings is 1. The molecule has 5 heteroatoms. The summed E-state index contributed by atoms with van der Waals surface area (Å²) in [6.07, 6.45) is 2.15. The topological polar surface area (TPSA) is 66.4 Å². The first kappa shape index (κ1) is 14.5. The summed E-state index contributed by atoms with van der Waals surface area (Å²) in [7, 11) is 0. The van der Waals surface area contributed by atoms with Crippen LogP contribution >= 0.6 is 11.3 Å². The summed E-state index contributed by atoms with van der Waals surface area (Å²) < 4.78 is 1.03. The Morgan fingerprint density at radius 1 is 1.35 bits per heavy atom. The quantitative estimate of drug-likeness (QED) is 0.858. The maximum Gasteiger partial charge on any atom is 0.326 e. The van der Waals surface area contributed by atoms with Crippen LogP contribution in [0.2, 0.25) is 0 Å². The van der Waals surface area contributed by atoms with Gasteiger partial charge >= 0.3 is 5.97 Å². The summed E-state index contributed by atoms with van der Waals surface area (Å²) in [5.41, 5.74) is 0. The van der Waals surface area contributed by atoms with Crippen molar-refractivity contribution in [3.63, 3.8) is 0 Å². The smallest absolute Gasteiger partial charge is 0.326 e.